The molecule has 3 nitrogen and oxygen atoms in total. The first kappa shape index (κ1) is 13.8. The number of rotatable bonds is 6. The number of benzene rings is 1. The van der Waals surface area contributed by atoms with Crippen LogP contribution < -0.4 is 4.74 Å². The van der Waals surface area contributed by atoms with E-state index in [9.17, 15) is 9.18 Å². The molecule has 1 saturated carbocycles. The van der Waals surface area contributed by atoms with E-state index in [0.29, 0.717) is 18.1 Å². The standard InChI is InChI=1S/C15H19FO3/c1-3-11-13(6-10(16)7-14(11)19-2)12(8-15(17)18)9-4-5-9/h6-7,9,12H,3-5,8H2,1-2H3,(H,17,18). The maximum absolute atomic E-state index is 13.7. The molecule has 1 unspecified atom stereocenters. The van der Waals surface area contributed by atoms with Crippen molar-refractivity contribution in [3.8, 4) is 5.75 Å². The molecule has 1 aromatic carbocycles. The van der Waals surface area contributed by atoms with Gasteiger partial charge in [-0.25, -0.2) is 4.39 Å². The van der Waals surface area contributed by atoms with E-state index in [1.165, 1.54) is 19.2 Å². The van der Waals surface area contributed by atoms with Gasteiger partial charge in [0.05, 0.1) is 13.5 Å². The molecule has 1 aliphatic rings. The van der Waals surface area contributed by atoms with E-state index in [1.54, 1.807) is 0 Å². The molecule has 0 radical (unpaired) electrons. The maximum Gasteiger partial charge on any atom is 0.303 e. The first-order valence-electron chi connectivity index (χ1n) is 6.64. The van der Waals surface area contributed by atoms with Crippen molar-refractivity contribution in [3.05, 3.63) is 29.1 Å². The summed E-state index contributed by atoms with van der Waals surface area (Å²) in [7, 11) is 1.51. The Morgan fingerprint density at radius 1 is 1.53 bits per heavy atom. The number of hydrogen-bond donors (Lipinski definition) is 1. The predicted octanol–water partition coefficient (Wildman–Crippen LogP) is 3.37. The quantitative estimate of drug-likeness (QED) is 0.858. The molecule has 0 heterocycles. The molecule has 0 saturated heterocycles. The summed E-state index contributed by atoms with van der Waals surface area (Å²) < 4.78 is 18.9. The van der Waals surface area contributed by atoms with E-state index in [0.717, 1.165) is 24.0 Å². The predicted molar refractivity (Wildman–Crippen MR) is 70.0 cm³/mol. The lowest BCUT2D eigenvalue weighted by Gasteiger charge is -2.20. The van der Waals surface area contributed by atoms with Crippen molar-refractivity contribution in [2.75, 3.05) is 7.11 Å². The van der Waals surface area contributed by atoms with Gasteiger partial charge >= 0.3 is 5.97 Å². The molecule has 0 aromatic heterocycles. The molecule has 1 aromatic rings. The van der Waals surface area contributed by atoms with Gasteiger partial charge < -0.3 is 9.84 Å². The van der Waals surface area contributed by atoms with Crippen LogP contribution in [0.5, 0.6) is 5.75 Å². The third-order valence-corrected chi connectivity index (χ3v) is 3.77. The second-order valence-electron chi connectivity index (χ2n) is 5.07. The Hall–Kier alpha value is -1.58. The van der Waals surface area contributed by atoms with E-state index >= 15 is 0 Å². The minimum atomic E-state index is -0.831. The number of carboxylic acids is 1. The lowest BCUT2D eigenvalue weighted by molar-refractivity contribution is -0.137. The van der Waals surface area contributed by atoms with Gasteiger partial charge in [0.15, 0.2) is 0 Å². The van der Waals surface area contributed by atoms with E-state index in [1.807, 2.05) is 6.92 Å². The van der Waals surface area contributed by atoms with E-state index in [2.05, 4.69) is 0 Å². The van der Waals surface area contributed by atoms with E-state index in [4.69, 9.17) is 9.84 Å². The molecule has 1 atom stereocenters. The van der Waals surface area contributed by atoms with Crippen molar-refractivity contribution >= 4 is 5.97 Å². The number of ether oxygens (including phenoxy) is 1. The Morgan fingerprint density at radius 2 is 2.21 bits per heavy atom. The molecule has 1 N–H and O–H groups in total. The molecule has 19 heavy (non-hydrogen) atoms. The highest BCUT2D eigenvalue weighted by molar-refractivity contribution is 5.68. The molecule has 1 aliphatic carbocycles. The number of carboxylic acid groups (broad SMARTS) is 1. The second-order valence-corrected chi connectivity index (χ2v) is 5.07. The van der Waals surface area contributed by atoms with Gasteiger partial charge in [0, 0.05) is 6.07 Å². The number of hydrogen-bond acceptors (Lipinski definition) is 2. The summed E-state index contributed by atoms with van der Waals surface area (Å²) in [6.07, 6.45) is 2.83. The zero-order valence-corrected chi connectivity index (χ0v) is 11.3. The van der Waals surface area contributed by atoms with Gasteiger partial charge in [-0.05, 0) is 48.3 Å². The zero-order chi connectivity index (χ0) is 14.0. The number of halogens is 1. The fraction of sp³-hybridized carbons (Fsp3) is 0.533. The van der Waals surface area contributed by atoms with Gasteiger partial charge in [0.25, 0.3) is 0 Å². The van der Waals surface area contributed by atoms with Crippen molar-refractivity contribution in [2.24, 2.45) is 5.92 Å². The largest absolute Gasteiger partial charge is 0.496 e. The molecule has 0 spiro atoms. The lowest BCUT2D eigenvalue weighted by Crippen LogP contribution is -2.12. The van der Waals surface area contributed by atoms with Crippen LogP contribution in [0.1, 0.15) is 43.2 Å². The Balaban J connectivity index is 2.45. The third-order valence-electron chi connectivity index (χ3n) is 3.77. The van der Waals surface area contributed by atoms with E-state index < -0.39 is 5.97 Å². The van der Waals surface area contributed by atoms with Gasteiger partial charge in [0.1, 0.15) is 11.6 Å². The van der Waals surface area contributed by atoms with Gasteiger partial charge in [0.2, 0.25) is 0 Å². The average Bonchev–Trinajstić information content (AvgIpc) is 3.18. The molecular weight excluding hydrogens is 247 g/mol. The average molecular weight is 266 g/mol. The summed E-state index contributed by atoms with van der Waals surface area (Å²) >= 11 is 0. The third kappa shape index (κ3) is 3.06. The van der Waals surface area contributed by atoms with Crippen molar-refractivity contribution in [2.45, 2.75) is 38.5 Å². The van der Waals surface area contributed by atoms with Crippen LogP contribution in [0.4, 0.5) is 4.39 Å². The first-order chi connectivity index (χ1) is 9.06. The first-order valence-corrected chi connectivity index (χ1v) is 6.64. The van der Waals surface area contributed by atoms with E-state index in [-0.39, 0.29) is 18.2 Å². The van der Waals surface area contributed by atoms with Gasteiger partial charge in [-0.1, -0.05) is 6.92 Å². The summed E-state index contributed by atoms with van der Waals surface area (Å²) in [4.78, 5) is 11.0. The van der Waals surface area contributed by atoms with Crippen molar-refractivity contribution < 1.29 is 19.0 Å². The highest BCUT2D eigenvalue weighted by Gasteiger charge is 2.35. The number of aliphatic carboxylic acids is 1. The Morgan fingerprint density at radius 3 is 2.68 bits per heavy atom. The van der Waals surface area contributed by atoms with Crippen molar-refractivity contribution in [3.63, 3.8) is 0 Å². The summed E-state index contributed by atoms with van der Waals surface area (Å²) in [5.74, 6) is -0.402. The Bertz CT molecular complexity index is 481. The van der Waals surface area contributed by atoms with Gasteiger partial charge in [-0.3, -0.25) is 4.79 Å². The molecule has 104 valence electrons. The molecule has 0 aliphatic heterocycles. The smallest absolute Gasteiger partial charge is 0.303 e. The molecule has 2 rings (SSSR count). The monoisotopic (exact) mass is 266 g/mol. The molecular formula is C15H19FO3. The highest BCUT2D eigenvalue weighted by atomic mass is 19.1. The minimum Gasteiger partial charge on any atom is -0.496 e. The van der Waals surface area contributed by atoms with Crippen LogP contribution in [0.15, 0.2) is 12.1 Å². The van der Waals surface area contributed by atoms with Gasteiger partial charge in [-0.15, -0.1) is 0 Å². The summed E-state index contributed by atoms with van der Waals surface area (Å²) in [6.45, 7) is 1.98. The summed E-state index contributed by atoms with van der Waals surface area (Å²) in [5.41, 5.74) is 1.74. The van der Waals surface area contributed by atoms with Crippen LogP contribution in [-0.4, -0.2) is 18.2 Å². The highest BCUT2D eigenvalue weighted by Crippen LogP contribution is 2.46. The molecule has 0 amide bonds. The second kappa shape index (κ2) is 5.59. The van der Waals surface area contributed by atoms with Crippen LogP contribution in [-0.2, 0) is 11.2 Å². The van der Waals surface area contributed by atoms with Crippen LogP contribution in [0.25, 0.3) is 0 Å². The zero-order valence-electron chi connectivity index (χ0n) is 11.3. The summed E-state index contributed by atoms with van der Waals surface area (Å²) in [5, 5.41) is 9.06. The van der Waals surface area contributed by atoms with Crippen LogP contribution in [0, 0.1) is 11.7 Å². The van der Waals surface area contributed by atoms with Gasteiger partial charge in [-0.2, -0.15) is 0 Å². The van der Waals surface area contributed by atoms with Crippen molar-refractivity contribution in [1.82, 2.24) is 0 Å². The number of methoxy groups -OCH3 is 1. The molecule has 1 fully saturated rings. The minimum absolute atomic E-state index is 0.0598. The van der Waals surface area contributed by atoms with Crippen molar-refractivity contribution in [1.29, 1.82) is 0 Å². The SMILES string of the molecule is CCc1c(OC)cc(F)cc1C(CC(=O)O)C1CC1. The molecule has 0 bridgehead atoms. The fourth-order valence-electron chi connectivity index (χ4n) is 2.74. The Labute approximate surface area is 112 Å². The topological polar surface area (TPSA) is 46.5 Å². The van der Waals surface area contributed by atoms with Crippen LogP contribution in [0.2, 0.25) is 0 Å². The lowest BCUT2D eigenvalue weighted by atomic mass is 9.86. The molecule has 4 heteroatoms. The fourth-order valence-corrected chi connectivity index (χ4v) is 2.74. The Kier molecular flexibility index (Phi) is 4.08. The van der Waals surface area contributed by atoms with Crippen LogP contribution in [0.3, 0.4) is 0 Å². The number of carbonyl (C=O) groups is 1. The van der Waals surface area contributed by atoms with Crippen LogP contribution >= 0.6 is 0 Å². The maximum atomic E-state index is 13.7. The normalized spacial score (nSPS) is 16.2. The summed E-state index contributed by atoms with van der Waals surface area (Å²) in [6, 6.07) is 2.85.